The van der Waals surface area contributed by atoms with Crippen LogP contribution in [-0.2, 0) is 19.6 Å². The Morgan fingerprint density at radius 3 is 2.15 bits per heavy atom. The lowest BCUT2D eigenvalue weighted by Crippen LogP contribution is -2.35. The van der Waals surface area contributed by atoms with Crippen LogP contribution in [0, 0.1) is 0 Å². The molecular formula is C23H28N2O8S. The highest BCUT2D eigenvalue weighted by Gasteiger charge is 2.26. The Kier molecular flexibility index (Phi) is 8.35. The Labute approximate surface area is 198 Å². The summed E-state index contributed by atoms with van der Waals surface area (Å²) in [4.78, 5) is 24.8. The highest BCUT2D eigenvalue weighted by Crippen LogP contribution is 2.33. The number of carbonyl (C=O) groups is 2. The first-order valence-corrected chi connectivity index (χ1v) is 12.1. The Hall–Kier alpha value is -3.31. The highest BCUT2D eigenvalue weighted by molar-refractivity contribution is 7.89. The summed E-state index contributed by atoms with van der Waals surface area (Å²) in [7, 11) is 0.534. The first kappa shape index (κ1) is 25.3. The van der Waals surface area contributed by atoms with Crippen molar-refractivity contribution in [2.75, 3.05) is 46.3 Å². The number of methoxy groups -OCH3 is 3. The molecule has 2 aromatic rings. The molecule has 10 nitrogen and oxygen atoms in total. The summed E-state index contributed by atoms with van der Waals surface area (Å²) in [5.41, 5.74) is 0.252. The second-order valence-electron chi connectivity index (χ2n) is 7.52. The number of amides is 1. The third-order valence-corrected chi connectivity index (χ3v) is 7.26. The van der Waals surface area contributed by atoms with Gasteiger partial charge < -0.3 is 24.3 Å². The number of hydrogen-bond acceptors (Lipinski definition) is 8. The zero-order valence-electron chi connectivity index (χ0n) is 19.3. The van der Waals surface area contributed by atoms with E-state index in [1.165, 1.54) is 62.0 Å². The van der Waals surface area contributed by atoms with Crippen LogP contribution in [0.3, 0.4) is 0 Å². The minimum absolute atomic E-state index is 0.0840. The number of nitrogens with one attached hydrogen (secondary N) is 1. The van der Waals surface area contributed by atoms with Crippen LogP contribution >= 0.6 is 0 Å². The van der Waals surface area contributed by atoms with E-state index >= 15 is 0 Å². The summed E-state index contributed by atoms with van der Waals surface area (Å²) in [5.74, 6) is -0.257. The van der Waals surface area contributed by atoms with Gasteiger partial charge in [0.2, 0.25) is 10.0 Å². The molecule has 0 aliphatic carbocycles. The Balaban J connectivity index is 1.66. The predicted molar refractivity (Wildman–Crippen MR) is 124 cm³/mol. The number of rotatable bonds is 9. The molecule has 0 spiro atoms. The van der Waals surface area contributed by atoms with Gasteiger partial charge in [0, 0.05) is 25.2 Å². The number of hydrogen-bond donors (Lipinski definition) is 1. The molecule has 0 bridgehead atoms. The Morgan fingerprint density at radius 1 is 0.941 bits per heavy atom. The average Bonchev–Trinajstić information content (AvgIpc) is 2.87. The Bertz CT molecular complexity index is 1130. The molecule has 0 unspecified atom stereocenters. The maximum absolute atomic E-state index is 12.7. The van der Waals surface area contributed by atoms with Crippen molar-refractivity contribution in [3.05, 3.63) is 42.0 Å². The number of ether oxygens (including phenoxy) is 4. The van der Waals surface area contributed by atoms with Crippen LogP contribution in [-0.4, -0.2) is 65.6 Å². The van der Waals surface area contributed by atoms with Crippen molar-refractivity contribution in [2.24, 2.45) is 0 Å². The topological polar surface area (TPSA) is 120 Å². The van der Waals surface area contributed by atoms with E-state index in [1.54, 1.807) is 0 Å². The smallest absolute Gasteiger partial charge is 0.340 e. The van der Waals surface area contributed by atoms with E-state index in [2.05, 4.69) is 5.32 Å². The van der Waals surface area contributed by atoms with Crippen LogP contribution < -0.4 is 19.5 Å². The molecule has 1 heterocycles. The van der Waals surface area contributed by atoms with Gasteiger partial charge >= 0.3 is 5.97 Å². The number of piperidine rings is 1. The fourth-order valence-electron chi connectivity index (χ4n) is 3.56. The van der Waals surface area contributed by atoms with Crippen LogP contribution in [0.4, 0.5) is 5.69 Å². The largest absolute Gasteiger partial charge is 0.493 e. The van der Waals surface area contributed by atoms with E-state index in [0.717, 1.165) is 19.3 Å². The number of anilines is 1. The summed E-state index contributed by atoms with van der Waals surface area (Å²) in [6.07, 6.45) is 2.74. The van der Waals surface area contributed by atoms with Crippen LogP contribution in [0.2, 0.25) is 0 Å². The zero-order chi connectivity index (χ0) is 24.7. The maximum Gasteiger partial charge on any atom is 0.340 e. The first-order valence-electron chi connectivity index (χ1n) is 10.7. The van der Waals surface area contributed by atoms with Crippen molar-refractivity contribution >= 4 is 27.6 Å². The molecule has 2 aromatic carbocycles. The quantitative estimate of drug-likeness (QED) is 0.531. The molecule has 1 saturated heterocycles. The van der Waals surface area contributed by atoms with E-state index in [0.29, 0.717) is 30.3 Å². The summed E-state index contributed by atoms with van der Waals surface area (Å²) < 4.78 is 47.7. The molecule has 0 saturated carbocycles. The molecular weight excluding hydrogens is 464 g/mol. The SMILES string of the molecule is COC(=O)c1cc(OC)c(OC)cc1NC(=O)COc1ccc(S(=O)(=O)N2CCCCC2)cc1. The molecule has 1 aliphatic rings. The second kappa shape index (κ2) is 11.2. The van der Waals surface area contributed by atoms with E-state index in [-0.39, 0.29) is 22.8 Å². The molecule has 1 aliphatic heterocycles. The highest BCUT2D eigenvalue weighted by atomic mass is 32.2. The molecule has 1 N–H and O–H groups in total. The maximum atomic E-state index is 12.7. The van der Waals surface area contributed by atoms with Crippen molar-refractivity contribution in [1.82, 2.24) is 4.31 Å². The van der Waals surface area contributed by atoms with Crippen LogP contribution in [0.5, 0.6) is 17.2 Å². The lowest BCUT2D eigenvalue weighted by molar-refractivity contribution is -0.118. The molecule has 11 heteroatoms. The van der Waals surface area contributed by atoms with Gasteiger partial charge in [0.25, 0.3) is 5.91 Å². The van der Waals surface area contributed by atoms with Crippen molar-refractivity contribution in [2.45, 2.75) is 24.2 Å². The number of sulfonamides is 1. The fraction of sp³-hybridized carbons (Fsp3) is 0.391. The van der Waals surface area contributed by atoms with Crippen molar-refractivity contribution < 1.29 is 37.0 Å². The van der Waals surface area contributed by atoms with Crippen LogP contribution in [0.15, 0.2) is 41.3 Å². The van der Waals surface area contributed by atoms with Gasteiger partial charge in [-0.2, -0.15) is 4.31 Å². The summed E-state index contributed by atoms with van der Waals surface area (Å²) in [6.45, 7) is 0.669. The predicted octanol–water partition coefficient (Wildman–Crippen LogP) is 2.68. The van der Waals surface area contributed by atoms with Gasteiger partial charge in [-0.25, -0.2) is 13.2 Å². The third kappa shape index (κ3) is 5.78. The van der Waals surface area contributed by atoms with Gasteiger partial charge in [0.1, 0.15) is 5.75 Å². The van der Waals surface area contributed by atoms with Gasteiger partial charge in [-0.1, -0.05) is 6.42 Å². The van der Waals surface area contributed by atoms with Crippen molar-refractivity contribution in [3.63, 3.8) is 0 Å². The van der Waals surface area contributed by atoms with E-state index in [4.69, 9.17) is 18.9 Å². The van der Waals surface area contributed by atoms with E-state index in [1.807, 2.05) is 0 Å². The monoisotopic (exact) mass is 492 g/mol. The lowest BCUT2D eigenvalue weighted by atomic mass is 10.1. The number of esters is 1. The molecule has 0 radical (unpaired) electrons. The van der Waals surface area contributed by atoms with Gasteiger partial charge in [-0.05, 0) is 37.1 Å². The van der Waals surface area contributed by atoms with Gasteiger partial charge in [-0.3, -0.25) is 4.79 Å². The third-order valence-electron chi connectivity index (χ3n) is 5.35. The second-order valence-corrected chi connectivity index (χ2v) is 9.46. The standard InChI is InChI=1S/C23H28N2O8S/c1-30-20-13-18(23(27)32-3)19(14-21(20)31-2)24-22(26)15-33-16-7-9-17(10-8-16)34(28,29)25-11-5-4-6-12-25/h7-10,13-14H,4-6,11-12,15H2,1-3H3,(H,24,26). The normalized spacial score (nSPS) is 14.2. The number of benzene rings is 2. The van der Waals surface area contributed by atoms with Crippen LogP contribution in [0.25, 0.3) is 0 Å². The summed E-state index contributed by atoms with van der Waals surface area (Å²) in [5, 5.41) is 2.60. The number of nitrogens with zero attached hydrogens (tertiary/aromatic N) is 1. The minimum atomic E-state index is -3.55. The number of carbonyl (C=O) groups excluding carboxylic acids is 2. The average molecular weight is 493 g/mol. The summed E-state index contributed by atoms with van der Waals surface area (Å²) >= 11 is 0. The van der Waals surface area contributed by atoms with Gasteiger partial charge in [-0.15, -0.1) is 0 Å². The Morgan fingerprint density at radius 2 is 1.56 bits per heavy atom. The molecule has 184 valence electrons. The minimum Gasteiger partial charge on any atom is -0.493 e. The van der Waals surface area contributed by atoms with Gasteiger partial charge in [0.05, 0.1) is 37.5 Å². The summed E-state index contributed by atoms with van der Waals surface area (Å²) in [6, 6.07) is 8.77. The van der Waals surface area contributed by atoms with Crippen molar-refractivity contribution in [1.29, 1.82) is 0 Å². The van der Waals surface area contributed by atoms with Gasteiger partial charge in [0.15, 0.2) is 18.1 Å². The molecule has 1 amide bonds. The lowest BCUT2D eigenvalue weighted by Gasteiger charge is -2.25. The molecule has 0 aromatic heterocycles. The molecule has 0 atom stereocenters. The first-order chi connectivity index (χ1) is 16.3. The van der Waals surface area contributed by atoms with E-state index in [9.17, 15) is 18.0 Å². The van der Waals surface area contributed by atoms with Crippen molar-refractivity contribution in [3.8, 4) is 17.2 Å². The van der Waals surface area contributed by atoms with Crippen LogP contribution in [0.1, 0.15) is 29.6 Å². The zero-order valence-corrected chi connectivity index (χ0v) is 20.1. The molecule has 3 rings (SSSR count). The molecule has 1 fully saturated rings. The van der Waals surface area contributed by atoms with E-state index < -0.39 is 21.9 Å². The fourth-order valence-corrected chi connectivity index (χ4v) is 5.08. The molecule has 34 heavy (non-hydrogen) atoms.